The second-order valence-electron chi connectivity index (χ2n) is 4.13. The first-order valence-corrected chi connectivity index (χ1v) is 5.93. The van der Waals surface area contributed by atoms with Crippen molar-refractivity contribution < 1.29 is 9.26 Å². The summed E-state index contributed by atoms with van der Waals surface area (Å²) in [7, 11) is 0. The number of aromatic nitrogens is 2. The predicted molar refractivity (Wildman–Crippen MR) is 68.9 cm³/mol. The zero-order valence-corrected chi connectivity index (χ0v) is 10.8. The molecule has 0 aliphatic carbocycles. The molecular weight excluding hydrogens is 230 g/mol. The maximum atomic E-state index is 5.76. The summed E-state index contributed by atoms with van der Waals surface area (Å²) >= 11 is 0. The molecule has 0 aliphatic rings. The van der Waals surface area contributed by atoms with Crippen molar-refractivity contribution in [3.63, 3.8) is 0 Å². The zero-order chi connectivity index (χ0) is 13.1. The van der Waals surface area contributed by atoms with E-state index in [1.165, 1.54) is 0 Å². The van der Waals surface area contributed by atoms with Crippen molar-refractivity contribution in [1.82, 2.24) is 10.1 Å². The Labute approximate surface area is 106 Å². The molecule has 0 fully saturated rings. The first-order chi connectivity index (χ1) is 8.61. The van der Waals surface area contributed by atoms with Crippen molar-refractivity contribution in [2.24, 2.45) is 0 Å². The molecule has 1 atom stereocenters. The fourth-order valence-corrected chi connectivity index (χ4v) is 1.70. The highest BCUT2D eigenvalue weighted by molar-refractivity contribution is 5.63. The number of anilines is 1. The standard InChI is InChI=1S/C13H17N3O2/c1-4-17-9(3)12-15-13(18-16-12)11-7-10(14)6-5-8(11)2/h5-7,9H,4,14H2,1-3H3. The molecule has 96 valence electrons. The zero-order valence-electron chi connectivity index (χ0n) is 10.8. The Morgan fingerprint density at radius 1 is 1.44 bits per heavy atom. The molecule has 0 radical (unpaired) electrons. The third kappa shape index (κ3) is 2.51. The van der Waals surface area contributed by atoms with E-state index in [4.69, 9.17) is 15.0 Å². The molecule has 0 saturated carbocycles. The minimum atomic E-state index is -0.172. The molecule has 5 heteroatoms. The predicted octanol–water partition coefficient (Wildman–Crippen LogP) is 2.72. The van der Waals surface area contributed by atoms with Crippen molar-refractivity contribution in [1.29, 1.82) is 0 Å². The van der Waals surface area contributed by atoms with E-state index in [-0.39, 0.29) is 6.10 Å². The van der Waals surface area contributed by atoms with Crippen LogP contribution in [0.15, 0.2) is 22.7 Å². The fourth-order valence-electron chi connectivity index (χ4n) is 1.70. The van der Waals surface area contributed by atoms with Gasteiger partial charge in [-0.3, -0.25) is 0 Å². The van der Waals surface area contributed by atoms with Crippen molar-refractivity contribution in [2.75, 3.05) is 12.3 Å². The van der Waals surface area contributed by atoms with Gasteiger partial charge < -0.3 is 15.0 Å². The van der Waals surface area contributed by atoms with Gasteiger partial charge >= 0.3 is 0 Å². The quantitative estimate of drug-likeness (QED) is 0.841. The number of ether oxygens (including phenoxy) is 1. The maximum Gasteiger partial charge on any atom is 0.258 e. The number of hydrogen-bond donors (Lipinski definition) is 1. The molecule has 0 saturated heterocycles. The van der Waals surface area contributed by atoms with E-state index in [9.17, 15) is 0 Å². The van der Waals surface area contributed by atoms with Gasteiger partial charge in [0.05, 0.1) is 0 Å². The first kappa shape index (κ1) is 12.6. The van der Waals surface area contributed by atoms with E-state index >= 15 is 0 Å². The summed E-state index contributed by atoms with van der Waals surface area (Å²) in [5.41, 5.74) is 8.34. The monoisotopic (exact) mass is 247 g/mol. The minimum absolute atomic E-state index is 0.172. The summed E-state index contributed by atoms with van der Waals surface area (Å²) in [4.78, 5) is 4.34. The Morgan fingerprint density at radius 3 is 2.94 bits per heavy atom. The Balaban J connectivity index is 2.32. The molecule has 1 unspecified atom stereocenters. The van der Waals surface area contributed by atoms with Crippen LogP contribution in [0, 0.1) is 6.92 Å². The molecule has 1 aromatic carbocycles. The lowest BCUT2D eigenvalue weighted by atomic mass is 10.1. The number of rotatable bonds is 4. The van der Waals surface area contributed by atoms with Crippen LogP contribution in [0.3, 0.4) is 0 Å². The van der Waals surface area contributed by atoms with Gasteiger partial charge in [0.25, 0.3) is 5.89 Å². The van der Waals surface area contributed by atoms with Gasteiger partial charge in [0, 0.05) is 17.9 Å². The largest absolute Gasteiger partial charge is 0.399 e. The third-order valence-corrected chi connectivity index (χ3v) is 2.71. The lowest BCUT2D eigenvalue weighted by Gasteiger charge is -2.05. The minimum Gasteiger partial charge on any atom is -0.399 e. The van der Waals surface area contributed by atoms with E-state index in [0.29, 0.717) is 24.0 Å². The lowest BCUT2D eigenvalue weighted by Crippen LogP contribution is -2.01. The third-order valence-electron chi connectivity index (χ3n) is 2.71. The number of hydrogen-bond acceptors (Lipinski definition) is 5. The van der Waals surface area contributed by atoms with Crippen molar-refractivity contribution in [3.05, 3.63) is 29.6 Å². The molecule has 18 heavy (non-hydrogen) atoms. The summed E-state index contributed by atoms with van der Waals surface area (Å²) in [5.74, 6) is 1.02. The number of nitrogen functional groups attached to an aromatic ring is 1. The van der Waals surface area contributed by atoms with Crippen LogP contribution in [0.25, 0.3) is 11.5 Å². The molecule has 1 aromatic heterocycles. The highest BCUT2D eigenvalue weighted by Crippen LogP contribution is 2.25. The molecular formula is C13H17N3O2. The first-order valence-electron chi connectivity index (χ1n) is 5.93. The van der Waals surface area contributed by atoms with E-state index < -0.39 is 0 Å². The Hall–Kier alpha value is -1.88. The molecule has 5 nitrogen and oxygen atoms in total. The van der Waals surface area contributed by atoms with E-state index in [0.717, 1.165) is 11.1 Å². The summed E-state index contributed by atoms with van der Waals surface area (Å²) in [6.45, 7) is 6.41. The fraction of sp³-hybridized carbons (Fsp3) is 0.385. The Kier molecular flexibility index (Phi) is 3.62. The van der Waals surface area contributed by atoms with Crippen molar-refractivity contribution in [3.8, 4) is 11.5 Å². The Bertz CT molecular complexity index is 537. The highest BCUT2D eigenvalue weighted by Gasteiger charge is 2.16. The average molecular weight is 247 g/mol. The average Bonchev–Trinajstić information content (AvgIpc) is 2.82. The van der Waals surface area contributed by atoms with Crippen LogP contribution in [0.4, 0.5) is 5.69 Å². The topological polar surface area (TPSA) is 74.2 Å². The molecule has 0 bridgehead atoms. The van der Waals surface area contributed by atoms with Crippen LogP contribution in [-0.4, -0.2) is 16.7 Å². The Morgan fingerprint density at radius 2 is 2.22 bits per heavy atom. The summed E-state index contributed by atoms with van der Waals surface area (Å²) in [5, 5.41) is 3.93. The van der Waals surface area contributed by atoms with Gasteiger partial charge in [0.2, 0.25) is 5.82 Å². The molecule has 0 amide bonds. The summed E-state index contributed by atoms with van der Waals surface area (Å²) < 4.78 is 10.7. The highest BCUT2D eigenvalue weighted by atomic mass is 16.5. The van der Waals surface area contributed by atoms with Crippen LogP contribution in [0.1, 0.15) is 31.3 Å². The maximum absolute atomic E-state index is 5.76. The van der Waals surface area contributed by atoms with Gasteiger partial charge in [0.15, 0.2) is 0 Å². The number of benzene rings is 1. The second-order valence-corrected chi connectivity index (χ2v) is 4.13. The smallest absolute Gasteiger partial charge is 0.258 e. The van der Waals surface area contributed by atoms with Gasteiger partial charge in [-0.2, -0.15) is 4.98 Å². The van der Waals surface area contributed by atoms with Crippen LogP contribution in [0.2, 0.25) is 0 Å². The van der Waals surface area contributed by atoms with Gasteiger partial charge in [-0.05, 0) is 38.5 Å². The van der Waals surface area contributed by atoms with Crippen LogP contribution in [-0.2, 0) is 4.74 Å². The molecule has 2 rings (SSSR count). The van der Waals surface area contributed by atoms with Crippen LogP contribution < -0.4 is 5.73 Å². The van der Waals surface area contributed by atoms with E-state index in [1.807, 2.05) is 39.0 Å². The van der Waals surface area contributed by atoms with E-state index in [1.54, 1.807) is 0 Å². The molecule has 0 aliphatic heterocycles. The van der Waals surface area contributed by atoms with Crippen LogP contribution in [0.5, 0.6) is 0 Å². The van der Waals surface area contributed by atoms with Crippen molar-refractivity contribution in [2.45, 2.75) is 26.9 Å². The second kappa shape index (κ2) is 5.18. The molecule has 2 N–H and O–H groups in total. The summed E-state index contributed by atoms with van der Waals surface area (Å²) in [6.07, 6.45) is -0.172. The molecule has 2 aromatic rings. The molecule has 1 heterocycles. The van der Waals surface area contributed by atoms with E-state index in [2.05, 4.69) is 10.1 Å². The van der Waals surface area contributed by atoms with Gasteiger partial charge in [-0.15, -0.1) is 0 Å². The van der Waals surface area contributed by atoms with Crippen molar-refractivity contribution >= 4 is 5.69 Å². The number of nitrogens with zero attached hydrogens (tertiary/aromatic N) is 2. The summed E-state index contributed by atoms with van der Waals surface area (Å²) in [6, 6.07) is 5.61. The van der Waals surface area contributed by atoms with Gasteiger partial charge in [-0.25, -0.2) is 0 Å². The van der Waals surface area contributed by atoms with Gasteiger partial charge in [0.1, 0.15) is 6.10 Å². The number of aryl methyl sites for hydroxylation is 1. The lowest BCUT2D eigenvalue weighted by molar-refractivity contribution is 0.0683. The molecule has 0 spiro atoms. The van der Waals surface area contributed by atoms with Gasteiger partial charge in [-0.1, -0.05) is 11.2 Å². The van der Waals surface area contributed by atoms with Crippen LogP contribution >= 0.6 is 0 Å². The number of nitrogens with two attached hydrogens (primary N) is 1. The SMILES string of the molecule is CCOC(C)c1noc(-c2cc(N)ccc2C)n1. The normalized spacial score (nSPS) is 12.6.